The van der Waals surface area contributed by atoms with Crippen LogP contribution >= 0.6 is 15.9 Å². The lowest BCUT2D eigenvalue weighted by Gasteiger charge is -2.12. The highest BCUT2D eigenvalue weighted by Crippen LogP contribution is 2.27. The van der Waals surface area contributed by atoms with Crippen LogP contribution in [0.5, 0.6) is 0 Å². The molecule has 2 aromatic rings. The first-order chi connectivity index (χ1) is 9.36. The maximum absolute atomic E-state index is 12.1. The summed E-state index contributed by atoms with van der Waals surface area (Å²) < 4.78 is 2.61. The zero-order valence-electron chi connectivity index (χ0n) is 12.1. The normalized spacial score (nSPS) is 10.7. The van der Waals surface area contributed by atoms with Gasteiger partial charge in [-0.1, -0.05) is 6.07 Å². The molecule has 0 radical (unpaired) electrons. The van der Waals surface area contributed by atoms with E-state index in [-0.39, 0.29) is 12.5 Å². The van der Waals surface area contributed by atoms with Crippen molar-refractivity contribution < 1.29 is 4.79 Å². The fourth-order valence-corrected chi connectivity index (χ4v) is 3.00. The van der Waals surface area contributed by atoms with Gasteiger partial charge in [-0.15, -0.1) is 0 Å². The van der Waals surface area contributed by atoms with Crippen molar-refractivity contribution in [2.75, 3.05) is 5.32 Å². The lowest BCUT2D eigenvalue weighted by molar-refractivity contribution is -0.116. The molecule has 1 aromatic heterocycles. The first-order valence-electron chi connectivity index (χ1n) is 6.44. The molecule has 0 saturated carbocycles. The first-order valence-corrected chi connectivity index (χ1v) is 7.24. The van der Waals surface area contributed by atoms with Crippen LogP contribution < -0.4 is 5.32 Å². The molecule has 106 valence electrons. The van der Waals surface area contributed by atoms with Crippen LogP contribution in [0, 0.1) is 27.7 Å². The van der Waals surface area contributed by atoms with Gasteiger partial charge in [0, 0.05) is 10.2 Å². The van der Waals surface area contributed by atoms with E-state index in [0.29, 0.717) is 0 Å². The maximum atomic E-state index is 12.1. The van der Waals surface area contributed by atoms with Crippen LogP contribution in [-0.2, 0) is 11.3 Å². The van der Waals surface area contributed by atoms with Crippen LogP contribution in [0.15, 0.2) is 22.7 Å². The molecule has 0 saturated heterocycles. The van der Waals surface area contributed by atoms with Crippen LogP contribution in [0.4, 0.5) is 5.69 Å². The van der Waals surface area contributed by atoms with Gasteiger partial charge in [-0.3, -0.25) is 9.48 Å². The largest absolute Gasteiger partial charge is 0.323 e. The zero-order chi connectivity index (χ0) is 14.9. The van der Waals surface area contributed by atoms with Gasteiger partial charge in [-0.05, 0) is 66.9 Å². The number of anilines is 1. The Hall–Kier alpha value is -1.62. The number of nitrogens with zero attached hydrogens (tertiary/aromatic N) is 2. The molecular weight excluding hydrogens is 318 g/mol. The predicted molar refractivity (Wildman–Crippen MR) is 83.9 cm³/mol. The zero-order valence-corrected chi connectivity index (χ0v) is 13.7. The molecule has 1 N–H and O–H groups in total. The van der Waals surface area contributed by atoms with E-state index in [1.807, 2.05) is 45.9 Å². The highest BCUT2D eigenvalue weighted by molar-refractivity contribution is 9.10. The topological polar surface area (TPSA) is 46.9 Å². The highest BCUT2D eigenvalue weighted by atomic mass is 79.9. The standard InChI is InChI=1S/C15H18BrN3O/c1-9-5-10(2)15(13(16)6-9)17-14(20)8-19-12(4)7-11(3)18-19/h5-7H,8H2,1-4H3,(H,17,20). The molecular formula is C15H18BrN3O. The third-order valence-corrected chi connectivity index (χ3v) is 3.72. The molecule has 5 heteroatoms. The van der Waals surface area contributed by atoms with Gasteiger partial charge in [0.25, 0.3) is 0 Å². The molecule has 1 amide bonds. The molecule has 0 aliphatic carbocycles. The van der Waals surface area contributed by atoms with Crippen LogP contribution in [0.2, 0.25) is 0 Å². The minimum absolute atomic E-state index is 0.0798. The van der Waals surface area contributed by atoms with Crippen molar-refractivity contribution in [3.8, 4) is 0 Å². The Morgan fingerprint density at radius 1 is 1.25 bits per heavy atom. The van der Waals surface area contributed by atoms with Gasteiger partial charge in [0.1, 0.15) is 6.54 Å². The van der Waals surface area contributed by atoms with Gasteiger partial charge in [0.05, 0.1) is 11.4 Å². The first kappa shape index (κ1) is 14.8. The summed E-state index contributed by atoms with van der Waals surface area (Å²) in [6.07, 6.45) is 0. The monoisotopic (exact) mass is 335 g/mol. The second kappa shape index (κ2) is 5.79. The van der Waals surface area contributed by atoms with Crippen LogP contribution in [-0.4, -0.2) is 15.7 Å². The number of hydrogen-bond donors (Lipinski definition) is 1. The van der Waals surface area contributed by atoms with Crippen LogP contribution in [0.3, 0.4) is 0 Å². The van der Waals surface area contributed by atoms with Gasteiger partial charge in [0.15, 0.2) is 0 Å². The number of benzene rings is 1. The Bertz CT molecular complexity index is 638. The summed E-state index contributed by atoms with van der Waals surface area (Å²) in [4.78, 5) is 12.1. The number of carbonyl (C=O) groups excluding carboxylic acids is 1. The minimum Gasteiger partial charge on any atom is -0.323 e. The van der Waals surface area contributed by atoms with Gasteiger partial charge < -0.3 is 5.32 Å². The lowest BCUT2D eigenvalue weighted by Crippen LogP contribution is -2.21. The summed E-state index contributed by atoms with van der Waals surface area (Å²) in [6, 6.07) is 6.00. The smallest absolute Gasteiger partial charge is 0.246 e. The Labute approximate surface area is 127 Å². The molecule has 2 rings (SSSR count). The van der Waals surface area contributed by atoms with E-state index in [2.05, 4.69) is 26.3 Å². The number of carbonyl (C=O) groups is 1. The van der Waals surface area contributed by atoms with E-state index in [1.165, 1.54) is 0 Å². The van der Waals surface area contributed by atoms with Crippen molar-refractivity contribution in [1.29, 1.82) is 0 Å². The van der Waals surface area contributed by atoms with Crippen molar-refractivity contribution in [2.24, 2.45) is 0 Å². The summed E-state index contributed by atoms with van der Waals surface area (Å²) in [5.41, 5.74) is 4.92. The number of hydrogen-bond acceptors (Lipinski definition) is 2. The van der Waals surface area contributed by atoms with E-state index in [9.17, 15) is 4.79 Å². The predicted octanol–water partition coefficient (Wildman–Crippen LogP) is 3.52. The van der Waals surface area contributed by atoms with E-state index < -0.39 is 0 Å². The van der Waals surface area contributed by atoms with E-state index >= 15 is 0 Å². The van der Waals surface area contributed by atoms with Gasteiger partial charge in [0.2, 0.25) is 5.91 Å². The van der Waals surface area contributed by atoms with Gasteiger partial charge in [-0.2, -0.15) is 5.10 Å². The van der Waals surface area contributed by atoms with Crippen molar-refractivity contribution in [3.63, 3.8) is 0 Å². The molecule has 0 aliphatic rings. The summed E-state index contributed by atoms with van der Waals surface area (Å²) in [7, 11) is 0. The van der Waals surface area contributed by atoms with Gasteiger partial charge in [-0.25, -0.2) is 0 Å². The molecule has 0 aliphatic heterocycles. The van der Waals surface area contributed by atoms with E-state index in [1.54, 1.807) is 4.68 Å². The van der Waals surface area contributed by atoms with Crippen LogP contribution in [0.25, 0.3) is 0 Å². The third-order valence-electron chi connectivity index (χ3n) is 3.09. The van der Waals surface area contributed by atoms with E-state index in [0.717, 1.165) is 32.7 Å². The van der Waals surface area contributed by atoms with Gasteiger partial charge >= 0.3 is 0 Å². The van der Waals surface area contributed by atoms with E-state index in [4.69, 9.17) is 0 Å². The number of halogens is 1. The number of nitrogens with one attached hydrogen (secondary N) is 1. The summed E-state index contributed by atoms with van der Waals surface area (Å²) >= 11 is 3.49. The summed E-state index contributed by atoms with van der Waals surface area (Å²) in [5, 5.41) is 7.24. The van der Waals surface area contributed by atoms with Crippen molar-refractivity contribution in [2.45, 2.75) is 34.2 Å². The molecule has 1 heterocycles. The third kappa shape index (κ3) is 3.28. The molecule has 0 fully saturated rings. The Morgan fingerprint density at radius 3 is 2.50 bits per heavy atom. The Balaban J connectivity index is 2.15. The number of aryl methyl sites for hydroxylation is 4. The van der Waals surface area contributed by atoms with Crippen molar-refractivity contribution in [3.05, 3.63) is 45.2 Å². The molecule has 20 heavy (non-hydrogen) atoms. The number of aromatic nitrogens is 2. The number of amides is 1. The molecule has 4 nitrogen and oxygen atoms in total. The second-order valence-electron chi connectivity index (χ2n) is 5.07. The fraction of sp³-hybridized carbons (Fsp3) is 0.333. The van der Waals surface area contributed by atoms with Crippen LogP contribution in [0.1, 0.15) is 22.5 Å². The molecule has 0 unspecified atom stereocenters. The average Bonchev–Trinajstić information content (AvgIpc) is 2.62. The quantitative estimate of drug-likeness (QED) is 0.932. The Kier molecular flexibility index (Phi) is 4.28. The second-order valence-corrected chi connectivity index (χ2v) is 5.93. The fourth-order valence-electron chi connectivity index (χ4n) is 2.22. The number of rotatable bonds is 3. The lowest BCUT2D eigenvalue weighted by atomic mass is 10.1. The maximum Gasteiger partial charge on any atom is 0.246 e. The highest BCUT2D eigenvalue weighted by Gasteiger charge is 2.11. The van der Waals surface area contributed by atoms with Crippen molar-refractivity contribution in [1.82, 2.24) is 9.78 Å². The summed E-state index contributed by atoms with van der Waals surface area (Å²) in [6.45, 7) is 8.10. The van der Waals surface area contributed by atoms with Crippen molar-refractivity contribution >= 4 is 27.5 Å². The molecule has 1 aromatic carbocycles. The molecule has 0 spiro atoms. The molecule has 0 atom stereocenters. The minimum atomic E-state index is -0.0798. The SMILES string of the molecule is Cc1cc(C)c(NC(=O)Cn2nc(C)cc2C)c(Br)c1. The Morgan fingerprint density at radius 2 is 1.95 bits per heavy atom. The summed E-state index contributed by atoms with van der Waals surface area (Å²) in [5.74, 6) is -0.0798. The average molecular weight is 336 g/mol. The molecule has 0 bridgehead atoms.